The van der Waals surface area contributed by atoms with Gasteiger partial charge in [0.1, 0.15) is 0 Å². The molecule has 5 heteroatoms. The summed E-state index contributed by atoms with van der Waals surface area (Å²) in [5, 5.41) is 0. The van der Waals surface area contributed by atoms with Crippen LogP contribution in [0, 0.1) is 0 Å². The Labute approximate surface area is 86.6 Å². The zero-order valence-electron chi connectivity index (χ0n) is 3.70. The maximum atomic E-state index is 0. The Morgan fingerprint density at radius 2 is 1.20 bits per heavy atom. The molecule has 0 unspecified atom stereocenters. The normalized spacial score (nSPS) is 0. The summed E-state index contributed by atoms with van der Waals surface area (Å²) in [6, 6.07) is 0. The average molecular weight is 236 g/mol. The van der Waals surface area contributed by atoms with Crippen LogP contribution in [0.15, 0.2) is 0 Å². The van der Waals surface area contributed by atoms with Crippen molar-refractivity contribution in [1.29, 1.82) is 0 Å². The van der Waals surface area contributed by atoms with Crippen molar-refractivity contribution in [2.45, 2.75) is 0 Å². The van der Waals surface area contributed by atoms with E-state index < -0.39 is 0 Å². The molecule has 0 fully saturated rings. The summed E-state index contributed by atoms with van der Waals surface area (Å²) in [5.41, 5.74) is 0. The Morgan fingerprint density at radius 3 is 1.20 bits per heavy atom. The maximum Gasteiger partial charge on any atom is 2.00 e. The third-order valence-electron chi connectivity index (χ3n) is 0. The predicted octanol–water partition coefficient (Wildman–Crippen LogP) is -1.61. The SMILES string of the molecule is [Cu].[H-].[H-].[Mg+2].[Mn].[Ni].[SiH4]. The standard InChI is InChI=1S/Cu.Mg.Mn.Ni.H4Si.2H/h;;;;1H4;;/q;+2;;;;2*-1. The van der Waals surface area contributed by atoms with Crippen LogP contribution in [-0.2, 0) is 50.6 Å². The molecule has 0 atom stereocenters. The maximum absolute atomic E-state index is 0. The molecule has 40 valence electrons. The number of hydrogen-bond donors (Lipinski definition) is 0. The minimum atomic E-state index is 0. The second-order valence-corrected chi connectivity index (χ2v) is 0. The summed E-state index contributed by atoms with van der Waals surface area (Å²) in [5.74, 6) is 0. The van der Waals surface area contributed by atoms with E-state index in [9.17, 15) is 0 Å². The van der Waals surface area contributed by atoms with Gasteiger partial charge in [0.25, 0.3) is 0 Å². The van der Waals surface area contributed by atoms with Gasteiger partial charge >= 0.3 is 23.1 Å². The Morgan fingerprint density at radius 1 is 1.20 bits per heavy atom. The van der Waals surface area contributed by atoms with Crippen molar-refractivity contribution in [2.75, 3.05) is 0 Å². The van der Waals surface area contributed by atoms with Crippen LogP contribution in [0.3, 0.4) is 0 Å². The molecule has 0 aliphatic rings. The van der Waals surface area contributed by atoms with Gasteiger partial charge in [-0.15, -0.1) is 0 Å². The molecule has 0 saturated heterocycles. The van der Waals surface area contributed by atoms with Crippen molar-refractivity contribution >= 4 is 34.0 Å². The first-order chi connectivity index (χ1) is 0. The molecular weight excluding hydrogens is 230 g/mol. The zero-order valence-corrected chi connectivity index (χ0v) is 6.23. The van der Waals surface area contributed by atoms with Crippen molar-refractivity contribution in [1.82, 2.24) is 0 Å². The number of rotatable bonds is 0. The van der Waals surface area contributed by atoms with Gasteiger partial charge in [-0.1, -0.05) is 0 Å². The fourth-order valence-electron chi connectivity index (χ4n) is 0. The van der Waals surface area contributed by atoms with Crippen LogP contribution in [0.2, 0.25) is 0 Å². The smallest absolute Gasteiger partial charge is 1.00 e. The summed E-state index contributed by atoms with van der Waals surface area (Å²) in [6.45, 7) is 0. The Balaban J connectivity index is 0. The van der Waals surface area contributed by atoms with Gasteiger partial charge in [0.05, 0.1) is 0 Å². The van der Waals surface area contributed by atoms with Gasteiger partial charge in [0.2, 0.25) is 0 Å². The summed E-state index contributed by atoms with van der Waals surface area (Å²) in [7, 11) is 0. The minimum absolute atomic E-state index is 0. The monoisotopic (exact) mass is 234 g/mol. The molecule has 0 N–H and O–H groups in total. The summed E-state index contributed by atoms with van der Waals surface area (Å²) in [4.78, 5) is 0. The van der Waals surface area contributed by atoms with Crippen molar-refractivity contribution in [2.24, 2.45) is 0 Å². The van der Waals surface area contributed by atoms with Gasteiger partial charge < -0.3 is 2.85 Å². The predicted molar refractivity (Wildman–Crippen MR) is 19.3 cm³/mol. The fourth-order valence-corrected chi connectivity index (χ4v) is 0. The van der Waals surface area contributed by atoms with E-state index in [1.807, 2.05) is 0 Å². The Kier molecular flexibility index (Phi) is 316. The van der Waals surface area contributed by atoms with Crippen molar-refractivity contribution in [3.63, 3.8) is 0 Å². The summed E-state index contributed by atoms with van der Waals surface area (Å²) >= 11 is 0. The second-order valence-electron chi connectivity index (χ2n) is 0. The molecule has 0 amide bonds. The largest absolute Gasteiger partial charge is 2.00 e. The third-order valence-corrected chi connectivity index (χ3v) is 0. The molecule has 0 aromatic heterocycles. The second kappa shape index (κ2) is 31.3. The van der Waals surface area contributed by atoms with Gasteiger partial charge in [-0.25, -0.2) is 0 Å². The van der Waals surface area contributed by atoms with Crippen molar-refractivity contribution < 1.29 is 53.5 Å². The quantitative estimate of drug-likeness (QED) is 0.443. The van der Waals surface area contributed by atoms with E-state index in [1.165, 1.54) is 0 Å². The molecule has 0 aliphatic carbocycles. The van der Waals surface area contributed by atoms with E-state index in [0.717, 1.165) is 0 Å². The van der Waals surface area contributed by atoms with E-state index in [0.29, 0.717) is 0 Å². The Hall–Kier alpha value is 2.52. The zero-order chi connectivity index (χ0) is 0. The molecule has 2 radical (unpaired) electrons. The molecule has 0 nitrogen and oxygen atoms in total. The topological polar surface area (TPSA) is 0 Å². The first kappa shape index (κ1) is 50.4. The summed E-state index contributed by atoms with van der Waals surface area (Å²) in [6.07, 6.45) is 0. The molecule has 5 heavy (non-hydrogen) atoms. The van der Waals surface area contributed by atoms with Crippen LogP contribution in [0.5, 0.6) is 0 Å². The molecular formula is H6CuMgMnNiSi. The van der Waals surface area contributed by atoms with E-state index in [4.69, 9.17) is 0 Å². The average Bonchev–Trinajstić information content (AvgIpc) is 0. The van der Waals surface area contributed by atoms with Crippen molar-refractivity contribution in [3.8, 4) is 0 Å². The van der Waals surface area contributed by atoms with E-state index in [2.05, 4.69) is 0 Å². The van der Waals surface area contributed by atoms with Gasteiger partial charge in [0, 0.05) is 50.6 Å². The van der Waals surface area contributed by atoms with Crippen LogP contribution < -0.4 is 0 Å². The van der Waals surface area contributed by atoms with Gasteiger partial charge in [-0.05, 0) is 11.0 Å². The van der Waals surface area contributed by atoms with Crippen LogP contribution in [0.4, 0.5) is 0 Å². The van der Waals surface area contributed by atoms with Crippen LogP contribution in [0.1, 0.15) is 2.85 Å². The molecule has 0 saturated carbocycles. The molecule has 0 bridgehead atoms. The minimum Gasteiger partial charge on any atom is -1.00 e. The van der Waals surface area contributed by atoms with E-state index in [-0.39, 0.29) is 87.5 Å². The van der Waals surface area contributed by atoms with Crippen LogP contribution in [0.25, 0.3) is 0 Å². The van der Waals surface area contributed by atoms with Gasteiger partial charge in [-0.2, -0.15) is 0 Å². The van der Waals surface area contributed by atoms with Crippen molar-refractivity contribution in [3.05, 3.63) is 0 Å². The first-order valence-corrected chi connectivity index (χ1v) is 0. The molecule has 0 rings (SSSR count). The van der Waals surface area contributed by atoms with Crippen LogP contribution in [-0.4, -0.2) is 34.0 Å². The molecule has 0 aromatic rings. The van der Waals surface area contributed by atoms with E-state index in [1.54, 1.807) is 0 Å². The first-order valence-electron chi connectivity index (χ1n) is 0. The molecule has 0 heterocycles. The fraction of sp³-hybridized carbons (Fsp3) is 0. The molecule has 0 aromatic carbocycles. The molecule has 0 spiro atoms. The molecule has 0 aliphatic heterocycles. The van der Waals surface area contributed by atoms with E-state index >= 15 is 0 Å². The summed E-state index contributed by atoms with van der Waals surface area (Å²) < 4.78 is 0. The van der Waals surface area contributed by atoms with Gasteiger partial charge in [0.15, 0.2) is 0 Å². The Bertz CT molecular complexity index is 17.7. The third kappa shape index (κ3) is 21.0. The van der Waals surface area contributed by atoms with Gasteiger partial charge in [-0.3, -0.25) is 0 Å². The number of hydrogen-bond acceptors (Lipinski definition) is 0. The van der Waals surface area contributed by atoms with Crippen LogP contribution >= 0.6 is 0 Å².